The highest BCUT2D eigenvalue weighted by atomic mass is 32.2. The first-order valence-corrected chi connectivity index (χ1v) is 11.8. The molecule has 0 spiro atoms. The Morgan fingerprint density at radius 3 is 2.87 bits per heavy atom. The summed E-state index contributed by atoms with van der Waals surface area (Å²) in [4.78, 5) is 29.8. The van der Waals surface area contributed by atoms with Crippen LogP contribution in [0.3, 0.4) is 0 Å². The Balaban J connectivity index is 1.14. The first kappa shape index (κ1) is 19.9. The highest BCUT2D eigenvalue weighted by molar-refractivity contribution is 7.99. The molecule has 1 amide bonds. The van der Waals surface area contributed by atoms with Crippen molar-refractivity contribution in [3.63, 3.8) is 0 Å². The number of fused-ring (bicyclic) bond motifs is 2. The SMILES string of the molecule is Cc1ccc2nc(CSCC(=O)N3CCCN(c4nc5ccccc5[nH]4)CC3)cn2c1. The molecule has 1 N–H and O–H groups in total. The van der Waals surface area contributed by atoms with Gasteiger partial charge in [-0.05, 0) is 37.1 Å². The molecule has 1 aromatic carbocycles. The number of carbonyl (C=O) groups excluding carboxylic acids is 1. The van der Waals surface area contributed by atoms with Crippen molar-refractivity contribution >= 4 is 40.3 Å². The second-order valence-corrected chi connectivity index (χ2v) is 8.98. The number of pyridine rings is 1. The van der Waals surface area contributed by atoms with Crippen LogP contribution in [0.15, 0.2) is 48.8 Å². The van der Waals surface area contributed by atoms with Gasteiger partial charge >= 0.3 is 0 Å². The lowest BCUT2D eigenvalue weighted by atomic mass is 10.3. The Kier molecular flexibility index (Phi) is 5.55. The lowest BCUT2D eigenvalue weighted by molar-refractivity contribution is -0.128. The minimum absolute atomic E-state index is 0.205. The average Bonchev–Trinajstić information content (AvgIpc) is 3.29. The smallest absolute Gasteiger partial charge is 0.232 e. The number of anilines is 1. The molecular formula is C23H26N6OS. The minimum atomic E-state index is 0.205. The lowest BCUT2D eigenvalue weighted by Crippen LogP contribution is -2.36. The fourth-order valence-corrected chi connectivity index (χ4v) is 4.83. The molecule has 31 heavy (non-hydrogen) atoms. The molecule has 7 nitrogen and oxygen atoms in total. The number of thioether (sulfide) groups is 1. The second kappa shape index (κ2) is 8.63. The Hall–Kier alpha value is -3.00. The van der Waals surface area contributed by atoms with E-state index in [1.807, 2.05) is 35.2 Å². The van der Waals surface area contributed by atoms with Crippen molar-refractivity contribution in [3.8, 4) is 0 Å². The van der Waals surface area contributed by atoms with Gasteiger partial charge in [0.25, 0.3) is 0 Å². The number of hydrogen-bond acceptors (Lipinski definition) is 5. The Bertz CT molecular complexity index is 1180. The molecule has 1 aliphatic heterocycles. The normalized spacial score (nSPS) is 15.0. The number of aryl methyl sites for hydroxylation is 1. The monoisotopic (exact) mass is 434 g/mol. The van der Waals surface area contributed by atoms with Crippen molar-refractivity contribution in [2.24, 2.45) is 0 Å². The van der Waals surface area contributed by atoms with Crippen molar-refractivity contribution < 1.29 is 4.79 Å². The number of para-hydroxylation sites is 2. The van der Waals surface area contributed by atoms with Gasteiger partial charge in [0.2, 0.25) is 11.9 Å². The fraction of sp³-hybridized carbons (Fsp3) is 0.348. The highest BCUT2D eigenvalue weighted by Gasteiger charge is 2.21. The van der Waals surface area contributed by atoms with E-state index >= 15 is 0 Å². The molecule has 4 heterocycles. The van der Waals surface area contributed by atoms with Gasteiger partial charge in [-0.3, -0.25) is 4.79 Å². The molecule has 1 aliphatic rings. The zero-order chi connectivity index (χ0) is 21.2. The standard InChI is InChI=1S/C23H26N6OS/c1-17-7-8-21-24-18(14-29(21)13-17)15-31-16-22(30)27-9-4-10-28(12-11-27)23-25-19-5-2-3-6-20(19)26-23/h2-3,5-8,13-14H,4,9-12,15-16H2,1H3,(H,25,26). The van der Waals surface area contributed by atoms with Crippen molar-refractivity contribution in [3.05, 3.63) is 60.0 Å². The maximum atomic E-state index is 12.8. The van der Waals surface area contributed by atoms with Crippen LogP contribution in [0.25, 0.3) is 16.7 Å². The van der Waals surface area contributed by atoms with E-state index < -0.39 is 0 Å². The molecule has 8 heteroatoms. The van der Waals surface area contributed by atoms with E-state index in [2.05, 4.69) is 44.7 Å². The molecule has 0 unspecified atom stereocenters. The van der Waals surface area contributed by atoms with Crippen LogP contribution in [-0.4, -0.2) is 62.1 Å². The number of hydrogen-bond donors (Lipinski definition) is 1. The van der Waals surface area contributed by atoms with Crippen molar-refractivity contribution in [1.82, 2.24) is 24.3 Å². The molecule has 160 valence electrons. The van der Waals surface area contributed by atoms with Gasteiger partial charge in [-0.1, -0.05) is 18.2 Å². The van der Waals surface area contributed by atoms with Crippen LogP contribution in [-0.2, 0) is 10.5 Å². The third-order valence-electron chi connectivity index (χ3n) is 5.65. The number of nitrogens with zero attached hydrogens (tertiary/aromatic N) is 5. The summed E-state index contributed by atoms with van der Waals surface area (Å²) in [6, 6.07) is 12.2. The number of carbonyl (C=O) groups is 1. The maximum Gasteiger partial charge on any atom is 0.232 e. The number of aromatic nitrogens is 4. The van der Waals surface area contributed by atoms with Crippen molar-refractivity contribution in [2.45, 2.75) is 19.1 Å². The van der Waals surface area contributed by atoms with E-state index in [0.717, 1.165) is 66.7 Å². The van der Waals surface area contributed by atoms with Crippen LogP contribution >= 0.6 is 11.8 Å². The molecule has 0 bridgehead atoms. The number of nitrogens with one attached hydrogen (secondary N) is 1. The highest BCUT2D eigenvalue weighted by Crippen LogP contribution is 2.19. The molecule has 3 aromatic heterocycles. The number of rotatable bonds is 5. The molecule has 1 saturated heterocycles. The van der Waals surface area contributed by atoms with Crippen LogP contribution in [0, 0.1) is 6.92 Å². The van der Waals surface area contributed by atoms with E-state index in [0.29, 0.717) is 5.75 Å². The predicted octanol–water partition coefficient (Wildman–Crippen LogP) is 3.49. The average molecular weight is 435 g/mol. The molecular weight excluding hydrogens is 408 g/mol. The molecule has 0 atom stereocenters. The molecule has 4 aromatic rings. The molecule has 1 fully saturated rings. The summed E-state index contributed by atoms with van der Waals surface area (Å²) in [6.07, 6.45) is 5.07. The number of benzene rings is 1. The maximum absolute atomic E-state index is 12.8. The molecule has 0 aliphatic carbocycles. The first-order chi connectivity index (χ1) is 15.2. The fourth-order valence-electron chi connectivity index (χ4n) is 4.03. The van der Waals surface area contributed by atoms with E-state index in [1.165, 1.54) is 5.56 Å². The van der Waals surface area contributed by atoms with Gasteiger partial charge in [0.05, 0.1) is 22.5 Å². The summed E-state index contributed by atoms with van der Waals surface area (Å²) in [5, 5.41) is 0. The van der Waals surface area contributed by atoms with Crippen molar-refractivity contribution in [1.29, 1.82) is 0 Å². The van der Waals surface area contributed by atoms with E-state index in [1.54, 1.807) is 11.8 Å². The summed E-state index contributed by atoms with van der Waals surface area (Å²) < 4.78 is 2.05. The van der Waals surface area contributed by atoms with Gasteiger partial charge in [0.15, 0.2) is 0 Å². The van der Waals surface area contributed by atoms with E-state index in [4.69, 9.17) is 4.98 Å². The zero-order valence-corrected chi connectivity index (χ0v) is 18.4. The summed E-state index contributed by atoms with van der Waals surface area (Å²) in [5.74, 6) is 2.33. The van der Waals surface area contributed by atoms with Crippen LogP contribution in [0.5, 0.6) is 0 Å². The Labute approximate surface area is 185 Å². The van der Waals surface area contributed by atoms with Crippen molar-refractivity contribution in [2.75, 3.05) is 36.8 Å². The third kappa shape index (κ3) is 4.39. The summed E-state index contributed by atoms with van der Waals surface area (Å²) in [7, 11) is 0. The summed E-state index contributed by atoms with van der Waals surface area (Å²) in [5.41, 5.74) is 5.19. The molecule has 0 radical (unpaired) electrons. The van der Waals surface area contributed by atoms with Crippen LogP contribution in [0.1, 0.15) is 17.7 Å². The quantitative estimate of drug-likeness (QED) is 0.521. The Morgan fingerprint density at radius 2 is 1.97 bits per heavy atom. The Morgan fingerprint density at radius 1 is 1.06 bits per heavy atom. The number of H-pyrrole nitrogens is 1. The predicted molar refractivity (Wildman–Crippen MR) is 126 cm³/mol. The molecule has 0 saturated carbocycles. The van der Waals surface area contributed by atoms with Gasteiger partial charge in [0.1, 0.15) is 5.65 Å². The van der Waals surface area contributed by atoms with Gasteiger partial charge in [-0.2, -0.15) is 0 Å². The summed E-state index contributed by atoms with van der Waals surface area (Å²) >= 11 is 1.64. The number of aromatic amines is 1. The van der Waals surface area contributed by atoms with Gasteiger partial charge in [-0.25, -0.2) is 9.97 Å². The second-order valence-electron chi connectivity index (χ2n) is 8.00. The molecule has 5 rings (SSSR count). The number of imidazole rings is 2. The first-order valence-electron chi connectivity index (χ1n) is 10.7. The van der Waals surface area contributed by atoms with Gasteiger partial charge in [0, 0.05) is 44.3 Å². The van der Waals surface area contributed by atoms with Crippen LogP contribution < -0.4 is 4.90 Å². The zero-order valence-electron chi connectivity index (χ0n) is 17.6. The third-order valence-corrected chi connectivity index (χ3v) is 6.60. The minimum Gasteiger partial charge on any atom is -0.341 e. The van der Waals surface area contributed by atoms with E-state index in [-0.39, 0.29) is 5.91 Å². The van der Waals surface area contributed by atoms with Gasteiger partial charge in [-0.15, -0.1) is 11.8 Å². The lowest BCUT2D eigenvalue weighted by Gasteiger charge is -2.21. The topological polar surface area (TPSA) is 69.5 Å². The van der Waals surface area contributed by atoms with Crippen LogP contribution in [0.2, 0.25) is 0 Å². The largest absolute Gasteiger partial charge is 0.341 e. The summed E-state index contributed by atoms with van der Waals surface area (Å²) in [6.45, 7) is 5.29. The number of amides is 1. The van der Waals surface area contributed by atoms with Gasteiger partial charge < -0.3 is 19.2 Å². The van der Waals surface area contributed by atoms with E-state index in [9.17, 15) is 4.79 Å². The van der Waals surface area contributed by atoms with Crippen LogP contribution in [0.4, 0.5) is 5.95 Å².